The monoisotopic (exact) mass is 224 g/mol. The van der Waals surface area contributed by atoms with Crippen LogP contribution in [0, 0.1) is 12.3 Å². The SMILES string of the molecule is C#CCNCC(=O)Nc1nccc(Cl)n1. The van der Waals surface area contributed by atoms with Gasteiger partial charge in [-0.15, -0.1) is 6.42 Å². The molecule has 78 valence electrons. The van der Waals surface area contributed by atoms with Crippen LogP contribution in [0.25, 0.3) is 0 Å². The fraction of sp³-hybridized carbons (Fsp3) is 0.222. The predicted octanol–water partition coefficient (Wildman–Crippen LogP) is 0.291. The van der Waals surface area contributed by atoms with Crippen molar-refractivity contribution in [3.05, 3.63) is 17.4 Å². The number of nitrogens with one attached hydrogen (secondary N) is 2. The summed E-state index contributed by atoms with van der Waals surface area (Å²) in [5, 5.41) is 5.47. The molecule has 1 aromatic rings. The van der Waals surface area contributed by atoms with Crippen LogP contribution in [0.5, 0.6) is 0 Å². The fourth-order valence-electron chi connectivity index (χ4n) is 0.814. The van der Waals surface area contributed by atoms with Gasteiger partial charge in [0.1, 0.15) is 5.15 Å². The number of nitrogens with zero attached hydrogens (tertiary/aromatic N) is 2. The first-order chi connectivity index (χ1) is 7.22. The molecule has 0 atom stereocenters. The first-order valence-electron chi connectivity index (χ1n) is 4.15. The van der Waals surface area contributed by atoms with E-state index in [2.05, 4.69) is 26.5 Å². The molecule has 0 unspecified atom stereocenters. The van der Waals surface area contributed by atoms with Gasteiger partial charge < -0.3 is 0 Å². The van der Waals surface area contributed by atoms with Crippen molar-refractivity contribution < 1.29 is 4.79 Å². The van der Waals surface area contributed by atoms with Crippen molar-refractivity contribution >= 4 is 23.5 Å². The third kappa shape index (κ3) is 4.40. The summed E-state index contributed by atoms with van der Waals surface area (Å²) >= 11 is 5.61. The van der Waals surface area contributed by atoms with E-state index >= 15 is 0 Å². The van der Waals surface area contributed by atoms with Crippen LogP contribution in [0.15, 0.2) is 12.3 Å². The molecule has 0 aliphatic carbocycles. The first kappa shape index (κ1) is 11.4. The molecule has 1 amide bonds. The Morgan fingerprint density at radius 1 is 1.67 bits per heavy atom. The van der Waals surface area contributed by atoms with E-state index in [0.29, 0.717) is 6.54 Å². The van der Waals surface area contributed by atoms with Gasteiger partial charge in [-0.1, -0.05) is 17.5 Å². The normalized spacial score (nSPS) is 9.33. The van der Waals surface area contributed by atoms with Crippen LogP contribution in [0.1, 0.15) is 0 Å². The highest BCUT2D eigenvalue weighted by Gasteiger charge is 2.03. The Balaban J connectivity index is 2.42. The highest BCUT2D eigenvalue weighted by atomic mass is 35.5. The van der Waals surface area contributed by atoms with Crippen LogP contribution in [0.2, 0.25) is 5.15 Å². The minimum Gasteiger partial charge on any atom is -0.298 e. The van der Waals surface area contributed by atoms with Gasteiger partial charge in [0.05, 0.1) is 13.1 Å². The first-order valence-corrected chi connectivity index (χ1v) is 4.52. The van der Waals surface area contributed by atoms with Crippen LogP contribution in [0.3, 0.4) is 0 Å². The topological polar surface area (TPSA) is 66.9 Å². The predicted molar refractivity (Wildman–Crippen MR) is 57.4 cm³/mol. The standard InChI is InChI=1S/C9H9ClN4O/c1-2-4-11-6-8(15)14-9-12-5-3-7(10)13-9/h1,3,5,11H,4,6H2,(H,12,13,14,15). The molecule has 0 fully saturated rings. The molecule has 0 saturated carbocycles. The van der Waals surface area contributed by atoms with Crippen molar-refractivity contribution in [1.29, 1.82) is 0 Å². The Labute approximate surface area is 92.3 Å². The second kappa shape index (κ2) is 5.96. The number of carbonyl (C=O) groups is 1. The van der Waals surface area contributed by atoms with Crippen molar-refractivity contribution in [2.75, 3.05) is 18.4 Å². The summed E-state index contributed by atoms with van der Waals surface area (Å²) in [6.45, 7) is 0.448. The van der Waals surface area contributed by atoms with Crippen LogP contribution < -0.4 is 10.6 Å². The molecule has 0 spiro atoms. The molecule has 1 aromatic heterocycles. The van der Waals surface area contributed by atoms with Gasteiger partial charge in [-0.25, -0.2) is 9.97 Å². The minimum atomic E-state index is -0.271. The lowest BCUT2D eigenvalue weighted by Gasteiger charge is -2.02. The zero-order chi connectivity index (χ0) is 11.1. The second-order valence-electron chi connectivity index (χ2n) is 2.56. The van der Waals surface area contributed by atoms with Crippen molar-refractivity contribution in [2.24, 2.45) is 0 Å². The summed E-state index contributed by atoms with van der Waals surface area (Å²) in [5.74, 6) is 2.26. The number of aromatic nitrogens is 2. The van der Waals surface area contributed by atoms with E-state index in [1.54, 1.807) is 0 Å². The molecule has 0 bridgehead atoms. The molecule has 2 N–H and O–H groups in total. The summed E-state index contributed by atoms with van der Waals surface area (Å²) in [4.78, 5) is 18.8. The Morgan fingerprint density at radius 3 is 3.13 bits per heavy atom. The lowest BCUT2D eigenvalue weighted by Crippen LogP contribution is -2.28. The smallest absolute Gasteiger partial charge is 0.240 e. The zero-order valence-corrected chi connectivity index (χ0v) is 8.58. The molecule has 6 heteroatoms. The molecule has 0 saturated heterocycles. The van der Waals surface area contributed by atoms with Gasteiger partial charge in [0.2, 0.25) is 11.9 Å². The highest BCUT2D eigenvalue weighted by Crippen LogP contribution is 2.04. The molecule has 0 aliphatic heterocycles. The molecular formula is C9H9ClN4O. The number of rotatable bonds is 4. The molecule has 15 heavy (non-hydrogen) atoms. The third-order valence-corrected chi connectivity index (χ3v) is 1.60. The molecule has 0 aliphatic rings. The fourth-order valence-corrected chi connectivity index (χ4v) is 0.950. The van der Waals surface area contributed by atoms with Gasteiger partial charge in [0, 0.05) is 6.20 Å². The summed E-state index contributed by atoms with van der Waals surface area (Å²) in [6, 6.07) is 1.52. The number of halogens is 1. The largest absolute Gasteiger partial charge is 0.298 e. The van der Waals surface area contributed by atoms with E-state index in [0.717, 1.165) is 0 Å². The molecule has 1 heterocycles. The molecule has 1 rings (SSSR count). The van der Waals surface area contributed by atoms with E-state index in [1.807, 2.05) is 0 Å². The van der Waals surface area contributed by atoms with Gasteiger partial charge in [-0.05, 0) is 6.07 Å². The van der Waals surface area contributed by atoms with E-state index < -0.39 is 0 Å². The lowest BCUT2D eigenvalue weighted by molar-refractivity contribution is -0.115. The van der Waals surface area contributed by atoms with Gasteiger partial charge >= 0.3 is 0 Å². The maximum atomic E-state index is 11.2. The van der Waals surface area contributed by atoms with Crippen molar-refractivity contribution in [3.63, 3.8) is 0 Å². The summed E-state index contributed by atoms with van der Waals surface area (Å²) < 4.78 is 0. The van der Waals surface area contributed by atoms with Gasteiger partial charge in [-0.2, -0.15) is 0 Å². The number of amides is 1. The van der Waals surface area contributed by atoms with E-state index in [-0.39, 0.29) is 23.6 Å². The lowest BCUT2D eigenvalue weighted by atomic mass is 10.5. The van der Waals surface area contributed by atoms with Gasteiger partial charge in [0.15, 0.2) is 0 Å². The number of anilines is 1. The van der Waals surface area contributed by atoms with Crippen molar-refractivity contribution in [2.45, 2.75) is 0 Å². The summed E-state index contributed by atoms with van der Waals surface area (Å²) in [5.41, 5.74) is 0. The number of carbonyl (C=O) groups excluding carboxylic acids is 1. The van der Waals surface area contributed by atoms with Crippen LogP contribution in [-0.4, -0.2) is 29.0 Å². The maximum Gasteiger partial charge on any atom is 0.240 e. The van der Waals surface area contributed by atoms with Crippen LogP contribution in [0.4, 0.5) is 5.95 Å². The van der Waals surface area contributed by atoms with E-state index in [4.69, 9.17) is 18.0 Å². The zero-order valence-electron chi connectivity index (χ0n) is 7.83. The Kier molecular flexibility index (Phi) is 4.54. The Bertz CT molecular complexity index is 388. The average Bonchev–Trinajstić information content (AvgIpc) is 2.18. The van der Waals surface area contributed by atoms with Gasteiger partial charge in [-0.3, -0.25) is 15.4 Å². The summed E-state index contributed by atoms with van der Waals surface area (Å²) in [6.07, 6.45) is 6.46. The summed E-state index contributed by atoms with van der Waals surface area (Å²) in [7, 11) is 0. The van der Waals surface area contributed by atoms with Crippen LogP contribution >= 0.6 is 11.6 Å². The van der Waals surface area contributed by atoms with Gasteiger partial charge in [0.25, 0.3) is 0 Å². The quantitative estimate of drug-likeness (QED) is 0.438. The second-order valence-corrected chi connectivity index (χ2v) is 2.95. The highest BCUT2D eigenvalue weighted by molar-refractivity contribution is 6.29. The molecule has 5 nitrogen and oxygen atoms in total. The maximum absolute atomic E-state index is 11.2. The Morgan fingerprint density at radius 2 is 2.47 bits per heavy atom. The van der Waals surface area contributed by atoms with E-state index in [9.17, 15) is 4.79 Å². The number of hydrogen-bond acceptors (Lipinski definition) is 4. The van der Waals surface area contributed by atoms with Crippen LogP contribution in [-0.2, 0) is 4.79 Å². The van der Waals surface area contributed by atoms with Crippen molar-refractivity contribution in [3.8, 4) is 12.3 Å². The number of hydrogen-bond donors (Lipinski definition) is 2. The Hall–Kier alpha value is -1.64. The minimum absolute atomic E-state index is 0.111. The average molecular weight is 225 g/mol. The number of terminal acetylenes is 1. The molecule has 0 aromatic carbocycles. The molecular weight excluding hydrogens is 216 g/mol. The molecule has 0 radical (unpaired) electrons. The van der Waals surface area contributed by atoms with E-state index in [1.165, 1.54) is 12.3 Å². The van der Waals surface area contributed by atoms with Crippen molar-refractivity contribution in [1.82, 2.24) is 15.3 Å². The third-order valence-electron chi connectivity index (χ3n) is 1.39.